The number of benzene rings is 1. The second-order valence-electron chi connectivity index (χ2n) is 3.94. The monoisotopic (exact) mass is 262 g/mol. The summed E-state index contributed by atoms with van der Waals surface area (Å²) in [6.07, 6.45) is 3.33. The van der Waals surface area contributed by atoms with Gasteiger partial charge in [0.2, 0.25) is 10.0 Å². The van der Waals surface area contributed by atoms with Crippen molar-refractivity contribution >= 4 is 10.0 Å². The zero-order valence-corrected chi connectivity index (χ0v) is 10.8. The lowest BCUT2D eigenvalue weighted by atomic mass is 10.3. The zero-order valence-electron chi connectivity index (χ0n) is 10.0. The molecule has 1 aromatic heterocycles. The fraction of sp³-hybridized carbons (Fsp3) is 0.154. The van der Waals surface area contributed by atoms with Crippen molar-refractivity contribution < 1.29 is 8.42 Å². The summed E-state index contributed by atoms with van der Waals surface area (Å²) in [5, 5.41) is 0. The summed E-state index contributed by atoms with van der Waals surface area (Å²) in [4.78, 5) is 4.27. The van der Waals surface area contributed by atoms with Crippen molar-refractivity contribution in [3.05, 3.63) is 60.4 Å². The van der Waals surface area contributed by atoms with E-state index in [2.05, 4.69) is 4.98 Å². The van der Waals surface area contributed by atoms with Crippen LogP contribution in [0.5, 0.6) is 0 Å². The van der Waals surface area contributed by atoms with E-state index in [0.717, 1.165) is 5.56 Å². The molecule has 0 bridgehead atoms. The van der Waals surface area contributed by atoms with E-state index in [1.165, 1.54) is 4.31 Å². The van der Waals surface area contributed by atoms with E-state index in [-0.39, 0.29) is 0 Å². The number of rotatable bonds is 4. The third-order valence-corrected chi connectivity index (χ3v) is 4.40. The third-order valence-electron chi connectivity index (χ3n) is 2.58. The molecule has 2 rings (SSSR count). The van der Waals surface area contributed by atoms with Gasteiger partial charge in [0.25, 0.3) is 0 Å². The van der Waals surface area contributed by atoms with Crippen LogP contribution < -0.4 is 0 Å². The molecular formula is C13H14N2O2S. The molecule has 1 heterocycles. The summed E-state index contributed by atoms with van der Waals surface area (Å²) in [6, 6.07) is 12.0. The maximum absolute atomic E-state index is 12.2. The molecular weight excluding hydrogens is 248 g/mol. The maximum Gasteiger partial charge on any atom is 0.243 e. The van der Waals surface area contributed by atoms with Gasteiger partial charge in [0.15, 0.2) is 0 Å². The highest BCUT2D eigenvalue weighted by atomic mass is 32.2. The Labute approximate surface area is 107 Å². The van der Waals surface area contributed by atoms with Gasteiger partial charge in [0.1, 0.15) is 0 Å². The summed E-state index contributed by atoms with van der Waals surface area (Å²) >= 11 is 0. The van der Waals surface area contributed by atoms with Crippen LogP contribution in [0, 0.1) is 0 Å². The Morgan fingerprint density at radius 1 is 1.11 bits per heavy atom. The van der Waals surface area contributed by atoms with Crippen molar-refractivity contribution in [2.45, 2.75) is 11.4 Å². The average molecular weight is 262 g/mol. The van der Waals surface area contributed by atoms with E-state index < -0.39 is 10.0 Å². The van der Waals surface area contributed by atoms with E-state index >= 15 is 0 Å². The number of pyridine rings is 1. The normalized spacial score (nSPS) is 11.7. The Morgan fingerprint density at radius 2 is 1.83 bits per heavy atom. The average Bonchev–Trinajstić information content (AvgIpc) is 2.41. The van der Waals surface area contributed by atoms with E-state index in [9.17, 15) is 8.42 Å². The molecule has 0 spiro atoms. The molecule has 0 aliphatic carbocycles. The number of aromatic nitrogens is 1. The Hall–Kier alpha value is -1.72. The largest absolute Gasteiger partial charge is 0.264 e. The van der Waals surface area contributed by atoms with Crippen LogP contribution in [0.3, 0.4) is 0 Å². The molecule has 0 amide bonds. The van der Waals surface area contributed by atoms with Gasteiger partial charge in [-0.3, -0.25) is 4.98 Å². The molecule has 0 saturated carbocycles. The van der Waals surface area contributed by atoms with Gasteiger partial charge in [-0.1, -0.05) is 24.3 Å². The highest BCUT2D eigenvalue weighted by molar-refractivity contribution is 7.89. The van der Waals surface area contributed by atoms with Crippen LogP contribution in [-0.4, -0.2) is 24.8 Å². The van der Waals surface area contributed by atoms with Crippen LogP contribution in [0.4, 0.5) is 0 Å². The fourth-order valence-electron chi connectivity index (χ4n) is 1.61. The first-order chi connectivity index (χ1) is 8.60. The summed E-state index contributed by atoms with van der Waals surface area (Å²) in [6.45, 7) is 0.311. The Balaban J connectivity index is 2.21. The standard InChI is InChI=1S/C13H14N2O2S/c1-15(11-12-6-5-9-14-10-12)18(16,17)13-7-3-2-4-8-13/h2-10H,11H2,1H3. The van der Waals surface area contributed by atoms with Crippen LogP contribution >= 0.6 is 0 Å². The Morgan fingerprint density at radius 3 is 2.44 bits per heavy atom. The van der Waals surface area contributed by atoms with Gasteiger partial charge >= 0.3 is 0 Å². The van der Waals surface area contributed by atoms with Gasteiger partial charge in [-0.25, -0.2) is 8.42 Å². The predicted molar refractivity (Wildman–Crippen MR) is 69.3 cm³/mol. The van der Waals surface area contributed by atoms with Gasteiger partial charge in [0.05, 0.1) is 4.90 Å². The van der Waals surface area contributed by atoms with Gasteiger partial charge in [-0.05, 0) is 23.8 Å². The van der Waals surface area contributed by atoms with Crippen molar-refractivity contribution in [3.8, 4) is 0 Å². The van der Waals surface area contributed by atoms with Gasteiger partial charge in [0, 0.05) is 26.0 Å². The van der Waals surface area contributed by atoms with Crippen molar-refractivity contribution in [1.82, 2.24) is 9.29 Å². The Kier molecular flexibility index (Phi) is 3.74. The first kappa shape index (κ1) is 12.7. The number of hydrogen-bond acceptors (Lipinski definition) is 3. The summed E-state index contributed by atoms with van der Waals surface area (Å²) in [5.41, 5.74) is 0.861. The number of sulfonamides is 1. The molecule has 0 atom stereocenters. The van der Waals surface area contributed by atoms with Crippen molar-refractivity contribution in [1.29, 1.82) is 0 Å². The summed E-state index contributed by atoms with van der Waals surface area (Å²) in [5.74, 6) is 0. The molecule has 4 nitrogen and oxygen atoms in total. The maximum atomic E-state index is 12.2. The molecule has 0 radical (unpaired) electrons. The predicted octanol–water partition coefficient (Wildman–Crippen LogP) is 1.90. The zero-order chi connectivity index (χ0) is 13.0. The molecule has 2 aromatic rings. The minimum Gasteiger partial charge on any atom is -0.264 e. The molecule has 0 saturated heterocycles. The molecule has 94 valence electrons. The molecule has 0 N–H and O–H groups in total. The topological polar surface area (TPSA) is 50.3 Å². The smallest absolute Gasteiger partial charge is 0.243 e. The minimum absolute atomic E-state index is 0.302. The quantitative estimate of drug-likeness (QED) is 0.845. The molecule has 0 unspecified atom stereocenters. The van der Waals surface area contributed by atoms with Crippen molar-refractivity contribution in [3.63, 3.8) is 0 Å². The van der Waals surface area contributed by atoms with E-state index in [1.54, 1.807) is 55.8 Å². The van der Waals surface area contributed by atoms with Gasteiger partial charge < -0.3 is 0 Å². The molecule has 1 aromatic carbocycles. The first-order valence-electron chi connectivity index (χ1n) is 5.51. The number of nitrogens with zero attached hydrogens (tertiary/aromatic N) is 2. The fourth-order valence-corrected chi connectivity index (χ4v) is 2.79. The van der Waals surface area contributed by atoms with Crippen LogP contribution in [0.25, 0.3) is 0 Å². The summed E-state index contributed by atoms with van der Waals surface area (Å²) < 4.78 is 25.8. The highest BCUT2D eigenvalue weighted by Crippen LogP contribution is 2.15. The molecule has 0 fully saturated rings. The van der Waals surface area contributed by atoms with Gasteiger partial charge in [-0.15, -0.1) is 0 Å². The van der Waals surface area contributed by atoms with E-state index in [0.29, 0.717) is 11.4 Å². The first-order valence-corrected chi connectivity index (χ1v) is 6.95. The van der Waals surface area contributed by atoms with Crippen LogP contribution in [0.2, 0.25) is 0 Å². The van der Waals surface area contributed by atoms with E-state index in [1.807, 2.05) is 6.07 Å². The van der Waals surface area contributed by atoms with E-state index in [4.69, 9.17) is 0 Å². The third kappa shape index (κ3) is 2.75. The minimum atomic E-state index is -3.43. The summed E-state index contributed by atoms with van der Waals surface area (Å²) in [7, 11) is -1.87. The SMILES string of the molecule is CN(Cc1cccnc1)S(=O)(=O)c1ccccc1. The molecule has 18 heavy (non-hydrogen) atoms. The lowest BCUT2D eigenvalue weighted by molar-refractivity contribution is 0.466. The van der Waals surface area contributed by atoms with Crippen LogP contribution in [0.15, 0.2) is 59.8 Å². The highest BCUT2D eigenvalue weighted by Gasteiger charge is 2.20. The molecule has 5 heteroatoms. The van der Waals surface area contributed by atoms with Crippen LogP contribution in [-0.2, 0) is 16.6 Å². The Bertz CT molecular complexity index is 597. The molecule has 0 aliphatic heterocycles. The number of hydrogen-bond donors (Lipinski definition) is 0. The molecule has 0 aliphatic rings. The second-order valence-corrected chi connectivity index (χ2v) is 5.98. The second kappa shape index (κ2) is 5.29. The van der Waals surface area contributed by atoms with Crippen molar-refractivity contribution in [2.75, 3.05) is 7.05 Å². The lowest BCUT2D eigenvalue weighted by Gasteiger charge is -2.16. The van der Waals surface area contributed by atoms with Gasteiger partial charge in [-0.2, -0.15) is 4.31 Å². The van der Waals surface area contributed by atoms with Crippen LogP contribution in [0.1, 0.15) is 5.56 Å². The van der Waals surface area contributed by atoms with Crippen molar-refractivity contribution in [2.24, 2.45) is 0 Å². The lowest BCUT2D eigenvalue weighted by Crippen LogP contribution is -2.26.